The summed E-state index contributed by atoms with van der Waals surface area (Å²) in [6, 6.07) is 3.99. The zero-order chi connectivity index (χ0) is 21.1. The smallest absolute Gasteiger partial charge is 0.406 e. The number of halogens is 6. The molecule has 2 aromatic rings. The molecule has 1 atom stereocenters. The number of hydrogen-bond donors (Lipinski definition) is 2. The quantitative estimate of drug-likeness (QED) is 0.605. The van der Waals surface area contributed by atoms with Crippen LogP contribution in [0.25, 0.3) is 0 Å². The third kappa shape index (κ3) is 6.17. The number of aromatic nitrogens is 2. The fraction of sp³-hybridized carbons (Fsp3) is 0.412. The van der Waals surface area contributed by atoms with Gasteiger partial charge in [-0.05, 0) is 44.0 Å². The van der Waals surface area contributed by atoms with E-state index in [9.17, 15) is 26.3 Å². The minimum atomic E-state index is -4.84. The van der Waals surface area contributed by atoms with Gasteiger partial charge in [0.1, 0.15) is 11.6 Å². The standard InChI is InChI=1S/C17H18F6N4O/c1-4-10(3)24-15-26-13(16(18,19)20)8-14(27-15)25-12-6-5-11(7-9(12)2)28-17(21,22)23/h5-8,10H,4H2,1-3H3,(H2,24,25,26,27)/t10-/m1/s1. The molecule has 5 nitrogen and oxygen atoms in total. The van der Waals surface area contributed by atoms with E-state index in [1.165, 1.54) is 13.0 Å². The second kappa shape index (κ2) is 8.11. The van der Waals surface area contributed by atoms with Crippen molar-refractivity contribution >= 4 is 17.5 Å². The Kier molecular flexibility index (Phi) is 6.25. The van der Waals surface area contributed by atoms with Gasteiger partial charge >= 0.3 is 12.5 Å². The number of benzene rings is 1. The molecule has 0 fully saturated rings. The molecule has 0 radical (unpaired) electrons. The summed E-state index contributed by atoms with van der Waals surface area (Å²) in [4.78, 5) is 7.49. The van der Waals surface area contributed by atoms with Crippen LogP contribution in [0.3, 0.4) is 0 Å². The Labute approximate surface area is 157 Å². The minimum Gasteiger partial charge on any atom is -0.406 e. The van der Waals surface area contributed by atoms with Gasteiger partial charge in [-0.3, -0.25) is 0 Å². The van der Waals surface area contributed by atoms with Crippen LogP contribution in [0.2, 0.25) is 0 Å². The largest absolute Gasteiger partial charge is 0.573 e. The van der Waals surface area contributed by atoms with Gasteiger partial charge in [-0.1, -0.05) is 6.92 Å². The second-order valence-corrected chi connectivity index (χ2v) is 6.06. The van der Waals surface area contributed by atoms with E-state index in [1.54, 1.807) is 6.92 Å². The molecule has 0 aliphatic rings. The van der Waals surface area contributed by atoms with Gasteiger partial charge in [-0.25, -0.2) is 4.98 Å². The normalized spacial score (nSPS) is 13.2. The molecule has 1 heterocycles. The van der Waals surface area contributed by atoms with Gasteiger partial charge < -0.3 is 15.4 Å². The van der Waals surface area contributed by atoms with Crippen molar-refractivity contribution in [2.24, 2.45) is 0 Å². The molecule has 11 heteroatoms. The highest BCUT2D eigenvalue weighted by Gasteiger charge is 2.34. The number of rotatable bonds is 6. The highest BCUT2D eigenvalue weighted by molar-refractivity contribution is 5.62. The summed E-state index contributed by atoms with van der Waals surface area (Å²) >= 11 is 0. The van der Waals surface area contributed by atoms with Crippen molar-refractivity contribution in [2.75, 3.05) is 10.6 Å². The highest BCUT2D eigenvalue weighted by atomic mass is 19.4. The number of ether oxygens (including phenoxy) is 1. The van der Waals surface area contributed by atoms with Crippen molar-refractivity contribution in [1.29, 1.82) is 0 Å². The first kappa shape index (κ1) is 21.6. The van der Waals surface area contributed by atoms with Gasteiger partial charge in [0.2, 0.25) is 5.95 Å². The molecule has 0 amide bonds. The van der Waals surface area contributed by atoms with Gasteiger partial charge in [-0.15, -0.1) is 13.2 Å². The first-order valence-electron chi connectivity index (χ1n) is 8.23. The van der Waals surface area contributed by atoms with E-state index in [0.717, 1.165) is 18.2 Å². The second-order valence-electron chi connectivity index (χ2n) is 6.06. The molecule has 0 spiro atoms. The number of aryl methyl sites for hydroxylation is 1. The molecule has 0 aliphatic heterocycles. The van der Waals surface area contributed by atoms with E-state index in [2.05, 4.69) is 25.3 Å². The zero-order valence-electron chi connectivity index (χ0n) is 15.2. The summed E-state index contributed by atoms with van der Waals surface area (Å²) in [6.07, 6.45) is -8.89. The number of hydrogen-bond acceptors (Lipinski definition) is 5. The van der Waals surface area contributed by atoms with E-state index in [4.69, 9.17) is 0 Å². The summed E-state index contributed by atoms with van der Waals surface area (Å²) in [5.41, 5.74) is -0.549. The topological polar surface area (TPSA) is 59.1 Å². The van der Waals surface area contributed by atoms with Crippen LogP contribution in [-0.4, -0.2) is 22.4 Å². The maximum Gasteiger partial charge on any atom is 0.573 e. The van der Waals surface area contributed by atoms with E-state index in [1.807, 2.05) is 6.92 Å². The van der Waals surface area contributed by atoms with Crippen molar-refractivity contribution in [1.82, 2.24) is 9.97 Å². The Hall–Kier alpha value is -2.72. The molecule has 0 aliphatic carbocycles. The van der Waals surface area contributed by atoms with Gasteiger partial charge in [0.05, 0.1) is 0 Å². The van der Waals surface area contributed by atoms with Crippen LogP contribution in [0.5, 0.6) is 5.75 Å². The maximum atomic E-state index is 13.1. The number of alkyl halides is 6. The van der Waals surface area contributed by atoms with Crippen molar-refractivity contribution in [3.63, 3.8) is 0 Å². The van der Waals surface area contributed by atoms with Crippen LogP contribution in [0.1, 0.15) is 31.5 Å². The van der Waals surface area contributed by atoms with Crippen molar-refractivity contribution in [2.45, 2.75) is 45.8 Å². The molecular weight excluding hydrogens is 390 g/mol. The first-order valence-corrected chi connectivity index (χ1v) is 8.23. The molecule has 1 aromatic carbocycles. The average Bonchev–Trinajstić information content (AvgIpc) is 2.55. The number of anilines is 3. The van der Waals surface area contributed by atoms with Crippen molar-refractivity contribution in [3.05, 3.63) is 35.5 Å². The fourth-order valence-electron chi connectivity index (χ4n) is 2.15. The number of nitrogens with one attached hydrogen (secondary N) is 2. The van der Waals surface area contributed by atoms with Crippen LogP contribution in [0, 0.1) is 6.92 Å². The molecule has 2 rings (SSSR count). The Morgan fingerprint density at radius 2 is 1.75 bits per heavy atom. The van der Waals surface area contributed by atoms with Crippen LogP contribution in [0.4, 0.5) is 43.8 Å². The molecule has 0 unspecified atom stereocenters. The first-order chi connectivity index (χ1) is 12.9. The van der Waals surface area contributed by atoms with Crippen LogP contribution < -0.4 is 15.4 Å². The molecule has 1 aromatic heterocycles. The summed E-state index contributed by atoms with van der Waals surface area (Å²) < 4.78 is 80.1. The Morgan fingerprint density at radius 1 is 1.07 bits per heavy atom. The lowest BCUT2D eigenvalue weighted by atomic mass is 10.2. The predicted octanol–water partition coefficient (Wildman–Crippen LogP) is 5.66. The monoisotopic (exact) mass is 408 g/mol. The van der Waals surface area contributed by atoms with Gasteiger partial charge in [0.15, 0.2) is 5.69 Å². The predicted molar refractivity (Wildman–Crippen MR) is 91.6 cm³/mol. The molecule has 0 bridgehead atoms. The lowest BCUT2D eigenvalue weighted by molar-refractivity contribution is -0.274. The van der Waals surface area contributed by atoms with Crippen LogP contribution >= 0.6 is 0 Å². The van der Waals surface area contributed by atoms with Crippen LogP contribution in [-0.2, 0) is 6.18 Å². The summed E-state index contributed by atoms with van der Waals surface area (Å²) in [7, 11) is 0. The van der Waals surface area contributed by atoms with Gasteiger partial charge in [0, 0.05) is 17.8 Å². The summed E-state index contributed by atoms with van der Waals surface area (Å²) in [5, 5.41) is 5.45. The lowest BCUT2D eigenvalue weighted by Crippen LogP contribution is -2.19. The molecule has 2 N–H and O–H groups in total. The summed E-state index contributed by atoms with van der Waals surface area (Å²) in [6.45, 7) is 5.09. The SMILES string of the molecule is CC[C@@H](C)Nc1nc(Nc2ccc(OC(F)(F)F)cc2C)cc(C(F)(F)F)n1. The van der Waals surface area contributed by atoms with E-state index >= 15 is 0 Å². The van der Waals surface area contributed by atoms with Crippen molar-refractivity contribution in [3.8, 4) is 5.75 Å². The van der Waals surface area contributed by atoms with E-state index in [0.29, 0.717) is 12.0 Å². The van der Waals surface area contributed by atoms with E-state index in [-0.39, 0.29) is 23.5 Å². The zero-order valence-corrected chi connectivity index (χ0v) is 15.2. The Bertz CT molecular complexity index is 822. The maximum absolute atomic E-state index is 13.1. The Balaban J connectivity index is 2.33. The average molecular weight is 408 g/mol. The molecule has 0 saturated heterocycles. The van der Waals surface area contributed by atoms with Crippen LogP contribution in [0.15, 0.2) is 24.3 Å². The minimum absolute atomic E-state index is 0.152. The molecule has 0 saturated carbocycles. The Morgan fingerprint density at radius 3 is 2.29 bits per heavy atom. The third-order valence-electron chi connectivity index (χ3n) is 3.70. The molecule has 28 heavy (non-hydrogen) atoms. The molecular formula is C17H18F6N4O. The lowest BCUT2D eigenvalue weighted by Gasteiger charge is -2.16. The van der Waals surface area contributed by atoms with Crippen molar-refractivity contribution < 1.29 is 31.1 Å². The van der Waals surface area contributed by atoms with Gasteiger partial charge in [0.25, 0.3) is 0 Å². The molecule has 154 valence electrons. The fourth-order valence-corrected chi connectivity index (χ4v) is 2.15. The third-order valence-corrected chi connectivity index (χ3v) is 3.70. The summed E-state index contributed by atoms with van der Waals surface area (Å²) in [5.74, 6) is -0.796. The number of nitrogens with zero attached hydrogens (tertiary/aromatic N) is 2. The van der Waals surface area contributed by atoms with Gasteiger partial charge in [-0.2, -0.15) is 18.2 Å². The highest BCUT2D eigenvalue weighted by Crippen LogP contribution is 2.32. The van der Waals surface area contributed by atoms with E-state index < -0.39 is 24.0 Å².